The smallest absolute Gasteiger partial charge is 0.243 e. The van der Waals surface area contributed by atoms with Gasteiger partial charge in [-0.3, -0.25) is 9.59 Å². The van der Waals surface area contributed by atoms with Crippen molar-refractivity contribution in [2.45, 2.75) is 6.92 Å². The van der Waals surface area contributed by atoms with E-state index in [1.807, 2.05) is 0 Å². The number of carbonyl (C=O) groups excluding carboxylic acids is 2. The van der Waals surface area contributed by atoms with Crippen LogP contribution in [0.4, 0.5) is 0 Å². The molecule has 3 heteroatoms. The number of rotatable bonds is 2. The fourth-order valence-electron chi connectivity index (χ4n) is 0.276. The maximum Gasteiger partial charge on any atom is 0.243 e. The van der Waals surface area contributed by atoms with Crippen molar-refractivity contribution in [2.75, 3.05) is 7.05 Å². The molecule has 0 fully saturated rings. The third-order valence-electron chi connectivity index (χ3n) is 0.716. The van der Waals surface area contributed by atoms with E-state index < -0.39 is 0 Å². The topological polar surface area (TPSA) is 46.2 Å². The van der Waals surface area contributed by atoms with Gasteiger partial charge in [0.25, 0.3) is 0 Å². The highest BCUT2D eigenvalue weighted by Crippen LogP contribution is 1.73. The first kappa shape index (κ1) is 7.88. The van der Waals surface area contributed by atoms with Gasteiger partial charge in [0.15, 0.2) is 5.78 Å². The van der Waals surface area contributed by atoms with Crippen LogP contribution in [0.15, 0.2) is 12.2 Å². The molecule has 3 nitrogen and oxygen atoms in total. The van der Waals surface area contributed by atoms with Crippen LogP contribution in [-0.2, 0) is 9.59 Å². The van der Waals surface area contributed by atoms with Gasteiger partial charge in [0, 0.05) is 13.1 Å². The Kier molecular flexibility index (Phi) is 3.35. The summed E-state index contributed by atoms with van der Waals surface area (Å²) in [7, 11) is 1.51. The number of nitrogens with one attached hydrogen (secondary N) is 1. The summed E-state index contributed by atoms with van der Waals surface area (Å²) in [6.45, 7) is 1.39. The van der Waals surface area contributed by atoms with E-state index in [0.717, 1.165) is 0 Å². The van der Waals surface area contributed by atoms with E-state index >= 15 is 0 Å². The fourth-order valence-corrected chi connectivity index (χ4v) is 0.276. The Morgan fingerprint density at radius 1 is 1.33 bits per heavy atom. The fraction of sp³-hybridized carbons (Fsp3) is 0.333. The van der Waals surface area contributed by atoms with Crippen LogP contribution in [0, 0.1) is 0 Å². The number of carbonyl (C=O) groups is 2. The lowest BCUT2D eigenvalue weighted by molar-refractivity contribution is -0.117. The normalized spacial score (nSPS) is 9.56. The van der Waals surface area contributed by atoms with Gasteiger partial charge in [-0.15, -0.1) is 0 Å². The van der Waals surface area contributed by atoms with Gasteiger partial charge in [-0.25, -0.2) is 0 Å². The number of ketones is 1. The summed E-state index contributed by atoms with van der Waals surface area (Å²) in [5.74, 6) is -0.385. The van der Waals surface area contributed by atoms with Gasteiger partial charge in [-0.2, -0.15) is 0 Å². The zero-order chi connectivity index (χ0) is 7.28. The summed E-state index contributed by atoms with van der Waals surface area (Å²) in [5.41, 5.74) is 0. The minimum atomic E-state index is -0.259. The number of amides is 1. The van der Waals surface area contributed by atoms with Crippen LogP contribution in [0.2, 0.25) is 0 Å². The molecule has 0 heterocycles. The number of hydrogen-bond acceptors (Lipinski definition) is 2. The molecule has 0 aromatic carbocycles. The predicted octanol–water partition coefficient (Wildman–Crippen LogP) is -0.122. The predicted molar refractivity (Wildman–Crippen MR) is 33.9 cm³/mol. The van der Waals surface area contributed by atoms with E-state index in [9.17, 15) is 9.59 Å². The molecule has 0 aliphatic carbocycles. The van der Waals surface area contributed by atoms with Gasteiger partial charge in [0.1, 0.15) is 0 Å². The van der Waals surface area contributed by atoms with Crippen LogP contribution in [0.1, 0.15) is 6.92 Å². The highest BCUT2D eigenvalue weighted by molar-refractivity contribution is 5.96. The molecular formula is C6H9NO2. The van der Waals surface area contributed by atoms with Crippen LogP contribution in [0.5, 0.6) is 0 Å². The molecule has 0 aliphatic heterocycles. The summed E-state index contributed by atoms with van der Waals surface area (Å²) < 4.78 is 0. The van der Waals surface area contributed by atoms with Crippen molar-refractivity contribution < 1.29 is 9.59 Å². The first-order chi connectivity index (χ1) is 4.16. The molecule has 0 aromatic heterocycles. The van der Waals surface area contributed by atoms with Crippen LogP contribution >= 0.6 is 0 Å². The van der Waals surface area contributed by atoms with Gasteiger partial charge < -0.3 is 5.32 Å². The molecule has 0 unspecified atom stereocenters. The Bertz CT molecular complexity index is 149. The molecule has 0 radical (unpaired) electrons. The van der Waals surface area contributed by atoms with Crippen molar-refractivity contribution >= 4 is 11.7 Å². The maximum atomic E-state index is 10.4. The Morgan fingerprint density at radius 2 is 1.89 bits per heavy atom. The summed E-state index contributed by atoms with van der Waals surface area (Å²) in [6.07, 6.45) is 2.42. The molecule has 50 valence electrons. The van der Waals surface area contributed by atoms with Gasteiger partial charge in [0.2, 0.25) is 5.91 Å². The van der Waals surface area contributed by atoms with Crippen molar-refractivity contribution in [1.29, 1.82) is 0 Å². The van der Waals surface area contributed by atoms with Crippen molar-refractivity contribution in [3.63, 3.8) is 0 Å². The summed E-state index contributed by atoms with van der Waals surface area (Å²) in [5, 5.41) is 2.34. The standard InChI is InChI=1S/C6H9NO2/c1-5(8)3-4-6(9)7-2/h3-4H,1-2H3,(H,7,9)/b4-3+. The largest absolute Gasteiger partial charge is 0.356 e. The molecule has 1 amide bonds. The maximum absolute atomic E-state index is 10.4. The number of likely N-dealkylation sites (N-methyl/N-ethyl adjacent to an activating group) is 1. The van der Waals surface area contributed by atoms with Gasteiger partial charge in [0.05, 0.1) is 0 Å². The zero-order valence-electron chi connectivity index (χ0n) is 5.47. The summed E-state index contributed by atoms with van der Waals surface area (Å²) in [4.78, 5) is 20.6. The summed E-state index contributed by atoms with van der Waals surface area (Å²) in [6, 6.07) is 0. The van der Waals surface area contributed by atoms with Crippen LogP contribution < -0.4 is 5.32 Å². The average molecular weight is 127 g/mol. The van der Waals surface area contributed by atoms with Crippen molar-refractivity contribution in [2.24, 2.45) is 0 Å². The van der Waals surface area contributed by atoms with Crippen molar-refractivity contribution in [3.8, 4) is 0 Å². The Balaban J connectivity index is 3.71. The molecule has 0 spiro atoms. The quantitative estimate of drug-likeness (QED) is 0.525. The second-order valence-corrected chi connectivity index (χ2v) is 1.56. The Labute approximate surface area is 53.7 Å². The SMILES string of the molecule is CNC(=O)/C=C/C(C)=O. The third kappa shape index (κ3) is 4.74. The first-order valence-electron chi connectivity index (χ1n) is 2.57. The third-order valence-corrected chi connectivity index (χ3v) is 0.716. The lowest BCUT2D eigenvalue weighted by atomic mass is 10.4. The number of allylic oxidation sites excluding steroid dienone is 1. The lowest BCUT2D eigenvalue weighted by Crippen LogP contribution is -2.14. The van der Waals surface area contributed by atoms with E-state index in [4.69, 9.17) is 0 Å². The molecule has 1 N–H and O–H groups in total. The molecule has 0 saturated heterocycles. The zero-order valence-corrected chi connectivity index (χ0v) is 5.47. The molecule has 0 rings (SSSR count). The van der Waals surface area contributed by atoms with E-state index in [0.29, 0.717) is 0 Å². The van der Waals surface area contributed by atoms with Crippen LogP contribution in [0.25, 0.3) is 0 Å². The minimum Gasteiger partial charge on any atom is -0.356 e. The Hall–Kier alpha value is -1.12. The molecule has 0 aliphatic rings. The Morgan fingerprint density at radius 3 is 2.22 bits per heavy atom. The van der Waals surface area contributed by atoms with Crippen LogP contribution in [-0.4, -0.2) is 18.7 Å². The lowest BCUT2D eigenvalue weighted by Gasteiger charge is -1.85. The first-order valence-corrected chi connectivity index (χ1v) is 2.57. The van der Waals surface area contributed by atoms with Crippen LogP contribution in [0.3, 0.4) is 0 Å². The van der Waals surface area contributed by atoms with E-state index in [1.165, 1.54) is 26.1 Å². The van der Waals surface area contributed by atoms with Gasteiger partial charge in [-0.1, -0.05) is 0 Å². The van der Waals surface area contributed by atoms with E-state index in [1.54, 1.807) is 0 Å². The molecule has 0 aromatic rings. The second-order valence-electron chi connectivity index (χ2n) is 1.56. The summed E-state index contributed by atoms with van der Waals surface area (Å²) >= 11 is 0. The number of hydrogen-bond donors (Lipinski definition) is 1. The van der Waals surface area contributed by atoms with Gasteiger partial charge >= 0.3 is 0 Å². The second kappa shape index (κ2) is 3.83. The average Bonchev–Trinajstić information content (AvgIpc) is 1.83. The molecule has 0 atom stereocenters. The molecule has 0 bridgehead atoms. The monoisotopic (exact) mass is 127 g/mol. The highest BCUT2D eigenvalue weighted by Gasteiger charge is 1.87. The molecule has 9 heavy (non-hydrogen) atoms. The highest BCUT2D eigenvalue weighted by atomic mass is 16.1. The van der Waals surface area contributed by atoms with Crippen molar-refractivity contribution in [3.05, 3.63) is 12.2 Å². The van der Waals surface area contributed by atoms with E-state index in [2.05, 4.69) is 5.32 Å². The van der Waals surface area contributed by atoms with Gasteiger partial charge in [-0.05, 0) is 13.0 Å². The molecular weight excluding hydrogens is 118 g/mol. The van der Waals surface area contributed by atoms with Crippen molar-refractivity contribution in [1.82, 2.24) is 5.32 Å². The van der Waals surface area contributed by atoms with E-state index in [-0.39, 0.29) is 11.7 Å². The molecule has 0 saturated carbocycles. The minimum absolute atomic E-state index is 0.126.